The van der Waals surface area contributed by atoms with Crippen LogP contribution in [0.2, 0.25) is 0 Å². The fourth-order valence-electron chi connectivity index (χ4n) is 3.90. The fraction of sp³-hybridized carbons (Fsp3) is 0.409. The number of pyridine rings is 1. The van der Waals surface area contributed by atoms with Crippen molar-refractivity contribution in [2.75, 3.05) is 20.8 Å². The van der Waals surface area contributed by atoms with Gasteiger partial charge in [0.05, 0.1) is 25.4 Å². The number of aryl methyl sites for hydroxylation is 1. The van der Waals surface area contributed by atoms with E-state index in [1.54, 1.807) is 31.2 Å². The molecular formula is C22H24F2N4O4. The molecule has 1 saturated heterocycles. The minimum absolute atomic E-state index is 0.0417. The molecule has 1 aromatic carbocycles. The number of ether oxygens (including phenoxy) is 3. The molecule has 3 heterocycles. The summed E-state index contributed by atoms with van der Waals surface area (Å²) in [6.45, 7) is 0.971. The topological polar surface area (TPSA) is 87.5 Å². The van der Waals surface area contributed by atoms with E-state index in [2.05, 4.69) is 15.3 Å². The third-order valence-corrected chi connectivity index (χ3v) is 5.66. The lowest BCUT2D eigenvalue weighted by molar-refractivity contribution is -0.119. The number of nitrogens with one attached hydrogen (secondary N) is 1. The van der Waals surface area contributed by atoms with E-state index in [1.807, 2.05) is 0 Å². The lowest BCUT2D eigenvalue weighted by Gasteiger charge is -2.20. The number of amides is 1. The molecule has 4 rings (SSSR count). The van der Waals surface area contributed by atoms with Crippen LogP contribution in [-0.2, 0) is 4.79 Å². The molecule has 1 fully saturated rings. The van der Waals surface area contributed by atoms with Crippen molar-refractivity contribution >= 4 is 16.9 Å². The van der Waals surface area contributed by atoms with Gasteiger partial charge in [0.1, 0.15) is 17.4 Å². The Morgan fingerprint density at radius 1 is 1.16 bits per heavy atom. The van der Waals surface area contributed by atoms with Crippen LogP contribution < -0.4 is 19.5 Å². The predicted molar refractivity (Wildman–Crippen MR) is 113 cm³/mol. The van der Waals surface area contributed by atoms with Gasteiger partial charge in [-0.05, 0) is 38.1 Å². The third-order valence-electron chi connectivity index (χ3n) is 5.66. The van der Waals surface area contributed by atoms with Gasteiger partial charge in [0, 0.05) is 24.4 Å². The average Bonchev–Trinajstić information content (AvgIpc) is 3.35. The molecule has 1 amide bonds. The standard InChI is InChI=1S/C22H24F2N4O4/c1-11(14-8-19(29)25-10-14)32-21-20-16(26-12(2)28(20)22(23)24)9-15(27-21)13-5-6-17(30-3)18(7-13)31-4/h5-7,9,11,14,22H,8,10H2,1-4H3,(H,25,29)/t11?,14-/m1/s1. The van der Waals surface area contributed by atoms with Crippen LogP contribution in [0, 0.1) is 12.8 Å². The zero-order chi connectivity index (χ0) is 23.0. The van der Waals surface area contributed by atoms with Gasteiger partial charge < -0.3 is 19.5 Å². The summed E-state index contributed by atoms with van der Waals surface area (Å²) in [5.41, 5.74) is 1.63. The van der Waals surface area contributed by atoms with Gasteiger partial charge in [0.15, 0.2) is 11.5 Å². The van der Waals surface area contributed by atoms with E-state index >= 15 is 0 Å². The minimum atomic E-state index is -2.80. The first-order chi connectivity index (χ1) is 15.3. The van der Waals surface area contributed by atoms with E-state index in [-0.39, 0.29) is 29.0 Å². The molecule has 0 aliphatic carbocycles. The number of hydrogen-bond acceptors (Lipinski definition) is 6. The van der Waals surface area contributed by atoms with Crippen molar-refractivity contribution in [1.29, 1.82) is 0 Å². The molecule has 0 spiro atoms. The quantitative estimate of drug-likeness (QED) is 0.595. The second-order valence-corrected chi connectivity index (χ2v) is 7.65. The third kappa shape index (κ3) is 3.92. The van der Waals surface area contributed by atoms with E-state index in [0.717, 1.165) is 4.57 Å². The second-order valence-electron chi connectivity index (χ2n) is 7.65. The first-order valence-corrected chi connectivity index (χ1v) is 10.2. The Balaban J connectivity index is 1.83. The van der Waals surface area contributed by atoms with Gasteiger partial charge in [-0.15, -0.1) is 0 Å². The lowest BCUT2D eigenvalue weighted by atomic mass is 10.0. The monoisotopic (exact) mass is 446 g/mol. The second kappa shape index (κ2) is 8.60. The Kier molecular flexibility index (Phi) is 5.86. The number of halogens is 2. The predicted octanol–water partition coefficient (Wildman–Crippen LogP) is 3.72. The molecular weight excluding hydrogens is 422 g/mol. The highest BCUT2D eigenvalue weighted by Gasteiger charge is 2.30. The Morgan fingerprint density at radius 2 is 1.91 bits per heavy atom. The number of imidazole rings is 1. The van der Waals surface area contributed by atoms with Crippen molar-refractivity contribution < 1.29 is 27.8 Å². The summed E-state index contributed by atoms with van der Waals surface area (Å²) in [4.78, 5) is 20.5. The highest BCUT2D eigenvalue weighted by atomic mass is 19.3. The Labute approximate surface area is 183 Å². The molecule has 170 valence electrons. The molecule has 3 aromatic rings. The van der Waals surface area contributed by atoms with E-state index in [0.29, 0.717) is 41.2 Å². The van der Waals surface area contributed by atoms with Crippen LogP contribution in [-0.4, -0.2) is 47.3 Å². The zero-order valence-electron chi connectivity index (χ0n) is 18.2. The first kappa shape index (κ1) is 21.8. The summed E-state index contributed by atoms with van der Waals surface area (Å²) in [7, 11) is 3.07. The van der Waals surface area contributed by atoms with E-state index < -0.39 is 12.7 Å². The fourth-order valence-corrected chi connectivity index (χ4v) is 3.90. The molecule has 1 aliphatic heterocycles. The number of nitrogens with zero attached hydrogens (tertiary/aromatic N) is 3. The van der Waals surface area contributed by atoms with Gasteiger partial charge in [-0.1, -0.05) is 0 Å². The van der Waals surface area contributed by atoms with Gasteiger partial charge in [-0.3, -0.25) is 9.36 Å². The van der Waals surface area contributed by atoms with Crippen molar-refractivity contribution in [3.8, 4) is 28.6 Å². The maximum Gasteiger partial charge on any atom is 0.320 e. The smallest absolute Gasteiger partial charge is 0.320 e. The zero-order valence-corrected chi connectivity index (χ0v) is 18.2. The number of aromatic nitrogens is 3. The summed E-state index contributed by atoms with van der Waals surface area (Å²) in [5, 5.41) is 2.77. The van der Waals surface area contributed by atoms with Gasteiger partial charge in [-0.25, -0.2) is 9.97 Å². The number of carbonyl (C=O) groups is 1. The Morgan fingerprint density at radius 3 is 2.53 bits per heavy atom. The Hall–Kier alpha value is -3.43. The van der Waals surface area contributed by atoms with E-state index in [9.17, 15) is 13.6 Å². The molecule has 2 aromatic heterocycles. The van der Waals surface area contributed by atoms with Gasteiger partial charge >= 0.3 is 6.55 Å². The van der Waals surface area contributed by atoms with Crippen molar-refractivity contribution in [3.63, 3.8) is 0 Å². The number of fused-ring (bicyclic) bond motifs is 1. The summed E-state index contributed by atoms with van der Waals surface area (Å²) >= 11 is 0. The number of hydrogen-bond donors (Lipinski definition) is 1. The van der Waals surface area contributed by atoms with Crippen LogP contribution in [0.15, 0.2) is 24.3 Å². The van der Waals surface area contributed by atoms with Crippen LogP contribution >= 0.6 is 0 Å². The van der Waals surface area contributed by atoms with Gasteiger partial charge in [0.2, 0.25) is 11.8 Å². The number of benzene rings is 1. The summed E-state index contributed by atoms with van der Waals surface area (Å²) < 4.78 is 45.2. The normalized spacial score (nSPS) is 17.0. The lowest BCUT2D eigenvalue weighted by Crippen LogP contribution is -2.26. The average molecular weight is 446 g/mol. The molecule has 0 bridgehead atoms. The molecule has 1 aliphatic rings. The van der Waals surface area contributed by atoms with Gasteiger partial charge in [0.25, 0.3) is 0 Å². The van der Waals surface area contributed by atoms with Crippen molar-refractivity contribution in [2.24, 2.45) is 5.92 Å². The molecule has 1 N–H and O–H groups in total. The van der Waals surface area contributed by atoms with Crippen LogP contribution in [0.3, 0.4) is 0 Å². The van der Waals surface area contributed by atoms with Crippen molar-refractivity contribution in [2.45, 2.75) is 32.9 Å². The van der Waals surface area contributed by atoms with Crippen molar-refractivity contribution in [1.82, 2.24) is 19.9 Å². The molecule has 2 atom stereocenters. The highest BCUT2D eigenvalue weighted by Crippen LogP contribution is 2.37. The van der Waals surface area contributed by atoms with E-state index in [1.165, 1.54) is 21.1 Å². The number of alkyl halides is 2. The first-order valence-electron chi connectivity index (χ1n) is 10.2. The van der Waals surface area contributed by atoms with Crippen molar-refractivity contribution in [3.05, 3.63) is 30.1 Å². The van der Waals surface area contributed by atoms with E-state index in [4.69, 9.17) is 14.2 Å². The molecule has 1 unspecified atom stereocenters. The summed E-state index contributed by atoms with van der Waals surface area (Å²) in [6, 6.07) is 6.92. The maximum absolute atomic E-state index is 13.8. The molecule has 0 saturated carbocycles. The SMILES string of the molecule is COc1ccc(-c2cc3nc(C)n(C(F)F)c3c(OC(C)[C@H]3CNC(=O)C3)n2)cc1OC. The highest BCUT2D eigenvalue weighted by molar-refractivity contribution is 5.85. The largest absolute Gasteiger partial charge is 0.493 e. The summed E-state index contributed by atoms with van der Waals surface area (Å²) in [5.74, 6) is 1.10. The number of rotatable bonds is 7. The number of carbonyl (C=O) groups excluding carboxylic acids is 1. The summed E-state index contributed by atoms with van der Waals surface area (Å²) in [6.07, 6.45) is -0.112. The molecule has 32 heavy (non-hydrogen) atoms. The van der Waals surface area contributed by atoms with Crippen LogP contribution in [0.5, 0.6) is 17.4 Å². The Bertz CT molecular complexity index is 1160. The van der Waals surface area contributed by atoms with Crippen LogP contribution in [0.4, 0.5) is 8.78 Å². The van der Waals surface area contributed by atoms with Gasteiger partial charge in [-0.2, -0.15) is 8.78 Å². The number of methoxy groups -OCH3 is 2. The molecule has 8 nitrogen and oxygen atoms in total. The minimum Gasteiger partial charge on any atom is -0.493 e. The van der Waals surface area contributed by atoms with Crippen LogP contribution in [0.25, 0.3) is 22.3 Å². The molecule has 10 heteroatoms. The molecule has 0 radical (unpaired) electrons. The van der Waals surface area contributed by atoms with Crippen LogP contribution in [0.1, 0.15) is 25.7 Å². The maximum atomic E-state index is 13.8.